The van der Waals surface area contributed by atoms with Gasteiger partial charge in [0, 0.05) is 12.1 Å². The zero-order valence-corrected chi connectivity index (χ0v) is 13.6. The summed E-state index contributed by atoms with van der Waals surface area (Å²) in [6.45, 7) is 9.62. The van der Waals surface area contributed by atoms with E-state index in [1.54, 1.807) is 6.92 Å². The molecule has 1 aliphatic heterocycles. The molecule has 2 rings (SSSR count). The summed E-state index contributed by atoms with van der Waals surface area (Å²) in [6.07, 6.45) is 10.8. The number of hydrogen-bond acceptors (Lipinski definition) is 3. The smallest absolute Gasteiger partial charge is 0.146 e. The van der Waals surface area contributed by atoms with Gasteiger partial charge in [0.15, 0.2) is 0 Å². The topological polar surface area (TPSA) is 41.5 Å². The van der Waals surface area contributed by atoms with Crippen molar-refractivity contribution in [1.82, 2.24) is 5.32 Å². The molecule has 0 saturated heterocycles. The Kier molecular flexibility index (Phi) is 9.56. The standard InChI is InChI=1S/C13H16N2O.2C2H6/c1-9(16)13(14-2)7-10-8-15-12-6-4-3-5-11(10)12;2*1-2/h3-6,8,11,13-14H,7H2,1-2H3;2*1-2H3/t11?,13-;;/m0../s1. The summed E-state index contributed by atoms with van der Waals surface area (Å²) in [5.74, 6) is 0.451. The van der Waals surface area contributed by atoms with E-state index in [1.807, 2.05) is 59.2 Å². The lowest BCUT2D eigenvalue weighted by atomic mass is 9.88. The SMILES string of the molecule is CC.CC.CN[C@@H](CC1=CN=C2C=CC=CC12)C(C)=O. The van der Waals surface area contributed by atoms with Crippen LogP contribution in [0, 0.1) is 5.92 Å². The molecule has 1 aliphatic carbocycles. The van der Waals surface area contributed by atoms with Crippen molar-refractivity contribution in [3.63, 3.8) is 0 Å². The Balaban J connectivity index is 0.000000829. The molecule has 1 unspecified atom stereocenters. The van der Waals surface area contributed by atoms with Gasteiger partial charge in [-0.3, -0.25) is 9.79 Å². The third-order valence-corrected chi connectivity index (χ3v) is 3.06. The lowest BCUT2D eigenvalue weighted by Gasteiger charge is -2.18. The minimum Gasteiger partial charge on any atom is -0.310 e. The Labute approximate surface area is 123 Å². The maximum absolute atomic E-state index is 11.4. The van der Waals surface area contributed by atoms with Gasteiger partial charge < -0.3 is 5.32 Å². The van der Waals surface area contributed by atoms with Crippen molar-refractivity contribution in [1.29, 1.82) is 0 Å². The van der Waals surface area contributed by atoms with Crippen molar-refractivity contribution in [3.05, 3.63) is 36.1 Å². The van der Waals surface area contributed by atoms with Crippen molar-refractivity contribution < 1.29 is 4.79 Å². The van der Waals surface area contributed by atoms with Crippen LogP contribution in [0.4, 0.5) is 0 Å². The van der Waals surface area contributed by atoms with Crippen LogP contribution in [0.15, 0.2) is 41.1 Å². The first-order chi connectivity index (χ1) is 9.72. The number of rotatable bonds is 4. The zero-order chi connectivity index (χ0) is 15.5. The molecule has 0 radical (unpaired) electrons. The predicted molar refractivity (Wildman–Crippen MR) is 88.1 cm³/mol. The highest BCUT2D eigenvalue weighted by atomic mass is 16.1. The van der Waals surface area contributed by atoms with Gasteiger partial charge in [-0.15, -0.1) is 0 Å². The number of carbonyl (C=O) groups is 1. The average molecular weight is 276 g/mol. The Morgan fingerprint density at radius 2 is 1.95 bits per heavy atom. The fraction of sp³-hybridized carbons (Fsp3) is 0.529. The number of fused-ring (bicyclic) bond motifs is 1. The first kappa shape index (κ1) is 18.5. The molecular formula is C17H28N2O. The largest absolute Gasteiger partial charge is 0.310 e. The van der Waals surface area contributed by atoms with Gasteiger partial charge in [0.1, 0.15) is 5.78 Å². The Bertz CT molecular complexity index is 417. The fourth-order valence-electron chi connectivity index (χ4n) is 2.07. The van der Waals surface area contributed by atoms with Crippen molar-refractivity contribution in [2.45, 2.75) is 47.1 Å². The van der Waals surface area contributed by atoms with E-state index in [0.29, 0.717) is 0 Å². The molecular weight excluding hydrogens is 248 g/mol. The van der Waals surface area contributed by atoms with Gasteiger partial charge in [0.25, 0.3) is 0 Å². The highest BCUT2D eigenvalue weighted by Gasteiger charge is 2.25. The summed E-state index contributed by atoms with van der Waals surface area (Å²) in [5, 5.41) is 3.04. The summed E-state index contributed by atoms with van der Waals surface area (Å²) in [7, 11) is 1.82. The third kappa shape index (κ3) is 4.89. The Hall–Kier alpha value is -1.48. The maximum Gasteiger partial charge on any atom is 0.146 e. The van der Waals surface area contributed by atoms with Crippen molar-refractivity contribution in [2.75, 3.05) is 7.05 Å². The minimum atomic E-state index is -0.0971. The number of nitrogens with one attached hydrogen (secondary N) is 1. The van der Waals surface area contributed by atoms with E-state index >= 15 is 0 Å². The molecule has 0 fully saturated rings. The molecule has 0 aromatic heterocycles. The lowest BCUT2D eigenvalue weighted by molar-refractivity contribution is -0.118. The molecule has 0 bridgehead atoms. The van der Waals surface area contributed by atoms with Crippen molar-refractivity contribution >= 4 is 11.5 Å². The fourth-order valence-corrected chi connectivity index (χ4v) is 2.07. The number of allylic oxidation sites excluding steroid dienone is 4. The highest BCUT2D eigenvalue weighted by molar-refractivity contribution is 6.03. The van der Waals surface area contributed by atoms with Crippen LogP contribution in [0.3, 0.4) is 0 Å². The summed E-state index contributed by atoms with van der Waals surface area (Å²) >= 11 is 0. The monoisotopic (exact) mass is 276 g/mol. The average Bonchev–Trinajstić information content (AvgIpc) is 2.91. The normalized spacial score (nSPS) is 19.6. The number of Topliss-reactive ketones (excluding diaryl/α,β-unsaturated/α-hetero) is 1. The van der Waals surface area contributed by atoms with E-state index in [-0.39, 0.29) is 17.7 Å². The molecule has 3 nitrogen and oxygen atoms in total. The number of nitrogens with zero attached hydrogens (tertiary/aromatic N) is 1. The lowest BCUT2D eigenvalue weighted by Crippen LogP contribution is -2.33. The number of carbonyl (C=O) groups excluding carboxylic acids is 1. The van der Waals surface area contributed by atoms with Crippen LogP contribution >= 0.6 is 0 Å². The van der Waals surface area contributed by atoms with Gasteiger partial charge in [0.05, 0.1) is 11.8 Å². The maximum atomic E-state index is 11.4. The third-order valence-electron chi connectivity index (χ3n) is 3.06. The van der Waals surface area contributed by atoms with Crippen LogP contribution in [0.25, 0.3) is 0 Å². The van der Waals surface area contributed by atoms with Crippen LogP contribution in [0.5, 0.6) is 0 Å². The Morgan fingerprint density at radius 3 is 2.50 bits per heavy atom. The van der Waals surface area contributed by atoms with E-state index < -0.39 is 0 Å². The number of likely N-dealkylation sites (N-methyl/N-ethyl adjacent to an activating group) is 1. The molecule has 112 valence electrons. The van der Waals surface area contributed by atoms with Gasteiger partial charge in [0.2, 0.25) is 0 Å². The van der Waals surface area contributed by atoms with Crippen LogP contribution in [-0.2, 0) is 4.79 Å². The van der Waals surface area contributed by atoms with Crippen LogP contribution in [-0.4, -0.2) is 24.6 Å². The summed E-state index contributed by atoms with van der Waals surface area (Å²) in [4.78, 5) is 15.7. The van der Waals surface area contributed by atoms with Gasteiger partial charge in [-0.1, -0.05) is 45.9 Å². The van der Waals surface area contributed by atoms with E-state index in [9.17, 15) is 4.79 Å². The first-order valence-corrected chi connectivity index (χ1v) is 7.51. The predicted octanol–water partition coefficient (Wildman–Crippen LogP) is 3.69. The van der Waals surface area contributed by atoms with Crippen LogP contribution in [0.2, 0.25) is 0 Å². The molecule has 0 aromatic rings. The second-order valence-electron chi connectivity index (χ2n) is 4.14. The quantitative estimate of drug-likeness (QED) is 0.851. The second-order valence-corrected chi connectivity index (χ2v) is 4.14. The molecule has 0 spiro atoms. The summed E-state index contributed by atoms with van der Waals surface area (Å²) < 4.78 is 0. The molecule has 2 aliphatic rings. The van der Waals surface area contributed by atoms with E-state index in [0.717, 1.165) is 12.1 Å². The van der Waals surface area contributed by atoms with Gasteiger partial charge in [-0.25, -0.2) is 0 Å². The molecule has 1 N–H and O–H groups in total. The van der Waals surface area contributed by atoms with Gasteiger partial charge in [-0.05, 0) is 32.0 Å². The molecule has 3 heteroatoms. The van der Waals surface area contributed by atoms with E-state index in [1.165, 1.54) is 5.57 Å². The van der Waals surface area contributed by atoms with Gasteiger partial charge >= 0.3 is 0 Å². The van der Waals surface area contributed by atoms with E-state index in [2.05, 4.69) is 16.4 Å². The van der Waals surface area contributed by atoms with Crippen molar-refractivity contribution in [3.8, 4) is 0 Å². The van der Waals surface area contributed by atoms with Crippen molar-refractivity contribution in [2.24, 2.45) is 10.9 Å². The number of hydrogen-bond donors (Lipinski definition) is 1. The zero-order valence-electron chi connectivity index (χ0n) is 13.6. The Morgan fingerprint density at radius 1 is 1.30 bits per heavy atom. The highest BCUT2D eigenvalue weighted by Crippen LogP contribution is 2.28. The summed E-state index contributed by atoms with van der Waals surface area (Å²) in [6, 6.07) is -0.0971. The van der Waals surface area contributed by atoms with Crippen LogP contribution < -0.4 is 5.32 Å². The summed E-state index contributed by atoms with van der Waals surface area (Å²) in [5.41, 5.74) is 2.29. The van der Waals surface area contributed by atoms with Crippen LogP contribution in [0.1, 0.15) is 41.0 Å². The molecule has 0 amide bonds. The second kappa shape index (κ2) is 10.3. The molecule has 0 saturated carbocycles. The number of ketones is 1. The first-order valence-electron chi connectivity index (χ1n) is 7.51. The molecule has 2 atom stereocenters. The minimum absolute atomic E-state index is 0.0971. The van der Waals surface area contributed by atoms with E-state index in [4.69, 9.17) is 0 Å². The molecule has 1 heterocycles. The molecule has 0 aromatic carbocycles. The molecule has 20 heavy (non-hydrogen) atoms. The van der Waals surface area contributed by atoms with Gasteiger partial charge in [-0.2, -0.15) is 0 Å². The number of aliphatic imine (C=N–C) groups is 1.